The number of phenols is 2. The minimum Gasteiger partial charge on any atom is -0.506 e. The number of nitrogens with one attached hydrogen (secondary N) is 3. The third-order valence-corrected chi connectivity index (χ3v) is 6.12. The molecule has 1 aliphatic heterocycles. The van der Waals surface area contributed by atoms with Crippen LogP contribution in [0.15, 0.2) is 24.3 Å². The van der Waals surface area contributed by atoms with Gasteiger partial charge in [-0.15, -0.1) is 0 Å². The van der Waals surface area contributed by atoms with E-state index in [-0.39, 0.29) is 56.3 Å². The van der Waals surface area contributed by atoms with Crippen LogP contribution in [0.2, 0.25) is 0 Å². The maximum absolute atomic E-state index is 13.5. The molecule has 8 nitrogen and oxygen atoms in total. The Kier molecular flexibility index (Phi) is 4.33. The van der Waals surface area contributed by atoms with Crippen molar-refractivity contribution in [3.63, 3.8) is 0 Å². The molecule has 2 aromatic carbocycles. The summed E-state index contributed by atoms with van der Waals surface area (Å²) in [6, 6.07) is 6.37. The Balaban J connectivity index is 1.66. The van der Waals surface area contributed by atoms with Crippen molar-refractivity contribution in [3.05, 3.63) is 57.9 Å². The summed E-state index contributed by atoms with van der Waals surface area (Å²) in [7, 11) is 0. The number of fused-ring (bicyclic) bond motifs is 3. The number of phenolic OH excluding ortho intramolecular Hbond substituents is 2. The van der Waals surface area contributed by atoms with E-state index in [1.165, 1.54) is 0 Å². The van der Waals surface area contributed by atoms with E-state index in [1.54, 1.807) is 31.2 Å². The van der Waals surface area contributed by atoms with E-state index in [4.69, 9.17) is 0 Å². The van der Waals surface area contributed by atoms with Crippen molar-refractivity contribution in [3.8, 4) is 11.5 Å². The topological polar surface area (TPSA) is 132 Å². The molecule has 5 N–H and O–H groups in total. The lowest BCUT2D eigenvalue weighted by Gasteiger charge is -2.24. The summed E-state index contributed by atoms with van der Waals surface area (Å²) in [5.41, 5.74) is -0.173. The fourth-order valence-corrected chi connectivity index (χ4v) is 4.63. The largest absolute Gasteiger partial charge is 0.506 e. The molecule has 158 valence electrons. The lowest BCUT2D eigenvalue weighted by molar-refractivity contribution is 0.0919. The van der Waals surface area contributed by atoms with Gasteiger partial charge in [0, 0.05) is 29.1 Å². The monoisotopic (exact) mass is 419 g/mol. The van der Waals surface area contributed by atoms with Gasteiger partial charge >= 0.3 is 0 Å². The van der Waals surface area contributed by atoms with Crippen LogP contribution < -0.4 is 10.6 Å². The Labute approximate surface area is 177 Å². The number of ketones is 2. The first-order chi connectivity index (χ1) is 14.9. The van der Waals surface area contributed by atoms with Gasteiger partial charge in [0.25, 0.3) is 5.91 Å². The van der Waals surface area contributed by atoms with Gasteiger partial charge in [-0.05, 0) is 26.3 Å². The number of amides is 1. The van der Waals surface area contributed by atoms with E-state index in [2.05, 4.69) is 15.6 Å². The number of hydrogen-bond donors (Lipinski definition) is 5. The van der Waals surface area contributed by atoms with Crippen LogP contribution in [0.3, 0.4) is 0 Å². The molecule has 1 aliphatic carbocycles. The number of aryl methyl sites for hydroxylation is 1. The third-order valence-electron chi connectivity index (χ3n) is 6.12. The first kappa shape index (κ1) is 19.3. The zero-order chi connectivity index (χ0) is 21.9. The summed E-state index contributed by atoms with van der Waals surface area (Å²) in [6.07, 6.45) is 1.75. The normalized spacial score (nSPS) is 18.0. The van der Waals surface area contributed by atoms with Crippen molar-refractivity contribution < 1.29 is 24.6 Å². The molecule has 0 bridgehead atoms. The number of aromatic nitrogens is 1. The summed E-state index contributed by atoms with van der Waals surface area (Å²) in [5, 5.41) is 28.3. The van der Waals surface area contributed by atoms with E-state index < -0.39 is 17.5 Å². The number of hydrogen-bond acceptors (Lipinski definition) is 6. The maximum Gasteiger partial charge on any atom is 0.254 e. The van der Waals surface area contributed by atoms with Crippen molar-refractivity contribution in [2.45, 2.75) is 25.8 Å². The quantitative estimate of drug-likeness (QED) is 0.316. The van der Waals surface area contributed by atoms with Crippen LogP contribution in [0.25, 0.3) is 10.8 Å². The summed E-state index contributed by atoms with van der Waals surface area (Å²) in [4.78, 5) is 42.6. The van der Waals surface area contributed by atoms with Crippen LogP contribution in [0.1, 0.15) is 60.9 Å². The highest BCUT2D eigenvalue weighted by atomic mass is 16.3. The smallest absolute Gasteiger partial charge is 0.254 e. The number of rotatable bonds is 2. The summed E-state index contributed by atoms with van der Waals surface area (Å²) in [5.74, 6) is -2.49. The number of carbonyl (C=O) groups is 3. The molecule has 1 aromatic heterocycles. The number of H-pyrrole nitrogens is 1. The SMILES string of the molecule is Cc1[nH]c2c(c1C(=O)NC1CCCNC1)C(=O)c1c(c(O)c3ccccc3c1O)C2=O. The second kappa shape index (κ2) is 6.95. The molecule has 3 aromatic rings. The highest BCUT2D eigenvalue weighted by Gasteiger charge is 2.41. The number of piperidine rings is 1. The van der Waals surface area contributed by atoms with Crippen molar-refractivity contribution in [1.29, 1.82) is 0 Å². The lowest BCUT2D eigenvalue weighted by Crippen LogP contribution is -2.46. The molecular formula is C23H21N3O5. The molecule has 5 rings (SSSR count). The number of benzene rings is 2. The van der Waals surface area contributed by atoms with Gasteiger partial charge in [-0.25, -0.2) is 0 Å². The molecule has 0 saturated carbocycles. The summed E-state index contributed by atoms with van der Waals surface area (Å²) in [6.45, 7) is 3.15. The Morgan fingerprint density at radius 1 is 1.03 bits per heavy atom. The highest BCUT2D eigenvalue weighted by molar-refractivity contribution is 6.34. The molecule has 1 unspecified atom stereocenters. The van der Waals surface area contributed by atoms with Gasteiger partial charge in [0.05, 0.1) is 27.9 Å². The van der Waals surface area contributed by atoms with Gasteiger partial charge in [-0.1, -0.05) is 24.3 Å². The molecule has 31 heavy (non-hydrogen) atoms. The average Bonchev–Trinajstić information content (AvgIpc) is 3.13. The molecular weight excluding hydrogens is 398 g/mol. The third kappa shape index (κ3) is 2.75. The van der Waals surface area contributed by atoms with Gasteiger partial charge in [0.2, 0.25) is 11.6 Å². The molecule has 1 atom stereocenters. The molecule has 1 saturated heterocycles. The molecule has 0 spiro atoms. The fraction of sp³-hybridized carbons (Fsp3) is 0.261. The number of aromatic hydroxyl groups is 2. The maximum atomic E-state index is 13.5. The van der Waals surface area contributed by atoms with E-state index >= 15 is 0 Å². The first-order valence-electron chi connectivity index (χ1n) is 10.2. The van der Waals surface area contributed by atoms with Crippen LogP contribution in [0.5, 0.6) is 11.5 Å². The van der Waals surface area contributed by atoms with E-state index in [0.29, 0.717) is 12.2 Å². The van der Waals surface area contributed by atoms with E-state index in [1.807, 2.05) is 0 Å². The Hall–Kier alpha value is -3.65. The standard InChI is InChI=1S/C23H21N3O5/c1-10-14(23(31)26-11-5-4-8-24-9-11)15-18(25-10)22(30)17-16(21(15)29)19(27)12-6-2-3-7-13(12)20(17)28/h2-3,6-7,11,24-25,27-28H,4-5,8-9H2,1H3,(H,26,31). The lowest BCUT2D eigenvalue weighted by atomic mass is 9.83. The van der Waals surface area contributed by atoms with Crippen LogP contribution in [-0.2, 0) is 0 Å². The fourth-order valence-electron chi connectivity index (χ4n) is 4.63. The summed E-state index contributed by atoms with van der Waals surface area (Å²) >= 11 is 0. The molecule has 1 fully saturated rings. The van der Waals surface area contributed by atoms with Crippen LogP contribution in [0.4, 0.5) is 0 Å². The molecule has 2 aliphatic rings. The van der Waals surface area contributed by atoms with Gasteiger partial charge in [0.15, 0.2) is 0 Å². The molecule has 0 radical (unpaired) electrons. The average molecular weight is 419 g/mol. The van der Waals surface area contributed by atoms with Gasteiger partial charge in [-0.3, -0.25) is 14.4 Å². The highest BCUT2D eigenvalue weighted by Crippen LogP contribution is 2.44. The van der Waals surface area contributed by atoms with Crippen LogP contribution in [0, 0.1) is 6.92 Å². The van der Waals surface area contributed by atoms with Crippen molar-refractivity contribution in [2.75, 3.05) is 13.1 Å². The van der Waals surface area contributed by atoms with Gasteiger partial charge < -0.3 is 25.8 Å². The van der Waals surface area contributed by atoms with Crippen molar-refractivity contribution in [1.82, 2.24) is 15.6 Å². The predicted octanol–water partition coefficient (Wildman–Crippen LogP) is 2.14. The minimum atomic E-state index is -0.667. The van der Waals surface area contributed by atoms with E-state index in [0.717, 1.165) is 19.4 Å². The first-order valence-corrected chi connectivity index (χ1v) is 10.2. The molecule has 8 heteroatoms. The minimum absolute atomic E-state index is 0.0492. The van der Waals surface area contributed by atoms with Gasteiger partial charge in [-0.2, -0.15) is 0 Å². The van der Waals surface area contributed by atoms with Crippen LogP contribution >= 0.6 is 0 Å². The molecule has 2 heterocycles. The number of aromatic amines is 1. The molecule has 1 amide bonds. The van der Waals surface area contributed by atoms with Gasteiger partial charge in [0.1, 0.15) is 11.5 Å². The summed E-state index contributed by atoms with van der Waals surface area (Å²) < 4.78 is 0. The Morgan fingerprint density at radius 3 is 2.29 bits per heavy atom. The predicted molar refractivity (Wildman–Crippen MR) is 113 cm³/mol. The van der Waals surface area contributed by atoms with Crippen molar-refractivity contribution in [2.24, 2.45) is 0 Å². The van der Waals surface area contributed by atoms with Crippen LogP contribution in [-0.4, -0.2) is 51.8 Å². The van der Waals surface area contributed by atoms with E-state index in [9.17, 15) is 24.6 Å². The second-order valence-electron chi connectivity index (χ2n) is 8.04. The Morgan fingerprint density at radius 2 is 1.68 bits per heavy atom. The zero-order valence-electron chi connectivity index (χ0n) is 16.8. The second-order valence-corrected chi connectivity index (χ2v) is 8.04. The van der Waals surface area contributed by atoms with Crippen molar-refractivity contribution >= 4 is 28.2 Å². The zero-order valence-corrected chi connectivity index (χ0v) is 16.8. The number of carbonyl (C=O) groups excluding carboxylic acids is 3. The Bertz CT molecular complexity index is 1280.